The van der Waals surface area contributed by atoms with E-state index in [1.165, 1.54) is 0 Å². The van der Waals surface area contributed by atoms with Crippen molar-refractivity contribution >= 4 is 17.2 Å². The molecule has 4 rings (SSSR count). The second kappa shape index (κ2) is 6.58. The Kier molecular flexibility index (Phi) is 4.12. The van der Waals surface area contributed by atoms with E-state index in [0.29, 0.717) is 12.1 Å². The van der Waals surface area contributed by atoms with Gasteiger partial charge in [-0.15, -0.1) is 0 Å². The quantitative estimate of drug-likeness (QED) is 0.885. The Balaban J connectivity index is 1.59. The minimum atomic E-state index is -0.195. The van der Waals surface area contributed by atoms with Gasteiger partial charge >= 0.3 is 0 Å². The number of ether oxygens (including phenoxy) is 1. The van der Waals surface area contributed by atoms with Crippen LogP contribution in [0.25, 0.3) is 0 Å². The molecule has 0 unspecified atom stereocenters. The fourth-order valence-electron chi connectivity index (χ4n) is 3.39. The third kappa shape index (κ3) is 3.09. The zero-order valence-electron chi connectivity index (χ0n) is 14.0. The molecule has 0 aromatic heterocycles. The molecule has 0 radical (unpaired) electrons. The van der Waals surface area contributed by atoms with Gasteiger partial charge in [-0.3, -0.25) is 0 Å². The van der Waals surface area contributed by atoms with Crippen LogP contribution in [-0.4, -0.2) is 24.6 Å². The first kappa shape index (κ1) is 15.7. The van der Waals surface area contributed by atoms with E-state index < -0.39 is 0 Å². The fourth-order valence-corrected chi connectivity index (χ4v) is 3.39. The molecule has 5 heteroatoms. The van der Waals surface area contributed by atoms with Gasteiger partial charge in [-0.25, -0.2) is 4.99 Å². The molecule has 2 aliphatic heterocycles. The molecule has 2 heterocycles. The van der Waals surface area contributed by atoms with E-state index >= 15 is 0 Å². The lowest BCUT2D eigenvalue weighted by molar-refractivity contribution is 0.0771. The molecule has 0 aliphatic carbocycles. The zero-order chi connectivity index (χ0) is 17.1. The topological polar surface area (TPSA) is 69.4 Å². The molecule has 0 amide bonds. The number of rotatable bonds is 2. The summed E-state index contributed by atoms with van der Waals surface area (Å²) in [5.41, 5.74) is 3.65. The minimum absolute atomic E-state index is 0.195. The van der Waals surface area contributed by atoms with Crippen molar-refractivity contribution in [3.8, 4) is 6.07 Å². The average Bonchev–Trinajstić information content (AvgIpc) is 2.67. The maximum absolute atomic E-state index is 8.92. The maximum atomic E-state index is 8.92. The SMILES string of the molecule is N#Cc1ccc(CNC2=Nc3ccccc3NC23CCOCC3)cc1. The molecule has 25 heavy (non-hydrogen) atoms. The molecule has 0 bridgehead atoms. The smallest absolute Gasteiger partial charge is 0.129 e. The number of aliphatic imine (C=N–C) groups is 1. The molecular weight excluding hydrogens is 312 g/mol. The number of hydrogen-bond acceptors (Lipinski definition) is 5. The first-order valence-corrected chi connectivity index (χ1v) is 8.56. The largest absolute Gasteiger partial charge is 0.381 e. The van der Waals surface area contributed by atoms with E-state index in [4.69, 9.17) is 15.0 Å². The Hall–Kier alpha value is -2.84. The molecule has 1 spiro atoms. The number of nitrogens with zero attached hydrogens (tertiary/aromatic N) is 2. The van der Waals surface area contributed by atoms with Crippen LogP contribution in [0.15, 0.2) is 53.5 Å². The van der Waals surface area contributed by atoms with E-state index in [9.17, 15) is 0 Å². The predicted molar refractivity (Wildman–Crippen MR) is 97.9 cm³/mol. The highest BCUT2D eigenvalue weighted by molar-refractivity contribution is 6.00. The summed E-state index contributed by atoms with van der Waals surface area (Å²) in [6.07, 6.45) is 1.78. The number of anilines is 1. The Morgan fingerprint density at radius 1 is 1.12 bits per heavy atom. The van der Waals surface area contributed by atoms with E-state index in [1.54, 1.807) is 0 Å². The van der Waals surface area contributed by atoms with Gasteiger partial charge in [0.2, 0.25) is 0 Å². The number of para-hydroxylation sites is 2. The standard InChI is InChI=1S/C20H20N4O/c21-13-15-5-7-16(8-6-15)14-22-19-20(9-11-25-12-10-20)24-18-4-2-1-3-17(18)23-19/h1-8,24H,9-12,14H2,(H,22,23). The van der Waals surface area contributed by atoms with Crippen molar-refractivity contribution < 1.29 is 4.74 Å². The monoisotopic (exact) mass is 332 g/mol. The van der Waals surface area contributed by atoms with Gasteiger partial charge in [0.05, 0.1) is 28.5 Å². The van der Waals surface area contributed by atoms with Crippen LogP contribution >= 0.6 is 0 Å². The molecular formula is C20H20N4O. The Bertz CT molecular complexity index is 830. The summed E-state index contributed by atoms with van der Waals surface area (Å²) in [6.45, 7) is 2.14. The van der Waals surface area contributed by atoms with Gasteiger partial charge in [-0.1, -0.05) is 24.3 Å². The molecule has 5 nitrogen and oxygen atoms in total. The lowest BCUT2D eigenvalue weighted by Crippen LogP contribution is -2.56. The maximum Gasteiger partial charge on any atom is 0.129 e. The average molecular weight is 332 g/mol. The van der Waals surface area contributed by atoms with Crippen molar-refractivity contribution in [2.24, 2.45) is 4.99 Å². The molecule has 2 aromatic rings. The summed E-state index contributed by atoms with van der Waals surface area (Å²) in [5.74, 6) is 0.971. The van der Waals surface area contributed by atoms with Crippen LogP contribution in [-0.2, 0) is 11.3 Å². The number of fused-ring (bicyclic) bond motifs is 1. The van der Waals surface area contributed by atoms with Crippen LogP contribution in [0, 0.1) is 11.3 Å². The zero-order valence-corrected chi connectivity index (χ0v) is 14.0. The first-order chi connectivity index (χ1) is 12.3. The second-order valence-corrected chi connectivity index (χ2v) is 6.46. The van der Waals surface area contributed by atoms with Gasteiger partial charge < -0.3 is 15.4 Å². The summed E-state index contributed by atoms with van der Waals surface area (Å²) in [6, 6.07) is 17.9. The number of nitriles is 1. The molecule has 2 aromatic carbocycles. The molecule has 1 saturated heterocycles. The minimum Gasteiger partial charge on any atom is -0.381 e. The molecule has 0 atom stereocenters. The van der Waals surface area contributed by atoms with Crippen molar-refractivity contribution in [1.29, 1.82) is 5.26 Å². The van der Waals surface area contributed by atoms with Crippen molar-refractivity contribution in [3.63, 3.8) is 0 Å². The van der Waals surface area contributed by atoms with Gasteiger partial charge in [-0.05, 0) is 29.8 Å². The number of hydrogen-bond donors (Lipinski definition) is 2. The van der Waals surface area contributed by atoms with E-state index in [0.717, 1.165) is 48.8 Å². The normalized spacial score (nSPS) is 17.8. The second-order valence-electron chi connectivity index (χ2n) is 6.46. The molecule has 2 N–H and O–H groups in total. The molecule has 126 valence electrons. The highest BCUT2D eigenvalue weighted by atomic mass is 16.5. The van der Waals surface area contributed by atoms with Gasteiger partial charge in [0.15, 0.2) is 0 Å². The number of benzene rings is 2. The van der Waals surface area contributed by atoms with Gasteiger partial charge in [-0.2, -0.15) is 5.26 Å². The third-order valence-corrected chi connectivity index (χ3v) is 4.85. The Labute approximate surface area is 147 Å². The Morgan fingerprint density at radius 2 is 1.88 bits per heavy atom. The molecule has 2 aliphatic rings. The fraction of sp³-hybridized carbons (Fsp3) is 0.300. The van der Waals surface area contributed by atoms with Crippen LogP contribution in [0.5, 0.6) is 0 Å². The van der Waals surface area contributed by atoms with Crippen LogP contribution < -0.4 is 10.6 Å². The first-order valence-electron chi connectivity index (χ1n) is 8.56. The summed E-state index contributed by atoms with van der Waals surface area (Å²) in [7, 11) is 0. The number of nitrogens with one attached hydrogen (secondary N) is 2. The van der Waals surface area contributed by atoms with Gasteiger partial charge in [0.1, 0.15) is 5.84 Å². The van der Waals surface area contributed by atoms with Crippen molar-refractivity contribution in [1.82, 2.24) is 5.32 Å². The summed E-state index contributed by atoms with van der Waals surface area (Å²) < 4.78 is 5.57. The van der Waals surface area contributed by atoms with Crippen LogP contribution in [0.4, 0.5) is 11.4 Å². The lowest BCUT2D eigenvalue weighted by Gasteiger charge is -2.42. The lowest BCUT2D eigenvalue weighted by atomic mass is 9.86. The van der Waals surface area contributed by atoms with Crippen molar-refractivity contribution in [3.05, 3.63) is 59.7 Å². The molecule has 1 fully saturated rings. The van der Waals surface area contributed by atoms with Crippen LogP contribution in [0.2, 0.25) is 0 Å². The van der Waals surface area contributed by atoms with Gasteiger partial charge in [0, 0.05) is 32.6 Å². The van der Waals surface area contributed by atoms with Crippen molar-refractivity contribution in [2.75, 3.05) is 18.5 Å². The third-order valence-electron chi connectivity index (χ3n) is 4.85. The van der Waals surface area contributed by atoms with Crippen LogP contribution in [0.1, 0.15) is 24.0 Å². The van der Waals surface area contributed by atoms with E-state index in [-0.39, 0.29) is 5.54 Å². The predicted octanol–water partition coefficient (Wildman–Crippen LogP) is 3.35. The van der Waals surface area contributed by atoms with Crippen LogP contribution in [0.3, 0.4) is 0 Å². The van der Waals surface area contributed by atoms with Crippen molar-refractivity contribution in [2.45, 2.75) is 24.9 Å². The molecule has 0 saturated carbocycles. The van der Waals surface area contributed by atoms with E-state index in [2.05, 4.69) is 22.8 Å². The number of amidine groups is 1. The highest BCUT2D eigenvalue weighted by Crippen LogP contribution is 2.37. The highest BCUT2D eigenvalue weighted by Gasteiger charge is 2.40. The van der Waals surface area contributed by atoms with E-state index in [1.807, 2.05) is 42.5 Å². The summed E-state index contributed by atoms with van der Waals surface area (Å²) >= 11 is 0. The van der Waals surface area contributed by atoms with Gasteiger partial charge in [0.25, 0.3) is 0 Å². The summed E-state index contributed by atoms with van der Waals surface area (Å²) in [4.78, 5) is 4.91. The Morgan fingerprint density at radius 3 is 2.64 bits per heavy atom. The summed E-state index contributed by atoms with van der Waals surface area (Å²) in [5, 5.41) is 16.1.